The van der Waals surface area contributed by atoms with Crippen LogP contribution in [-0.2, 0) is 16.0 Å². The molecule has 2 aromatic carbocycles. The van der Waals surface area contributed by atoms with Crippen molar-refractivity contribution in [1.82, 2.24) is 10.9 Å². The predicted octanol–water partition coefficient (Wildman–Crippen LogP) is 2.64. The van der Waals surface area contributed by atoms with Gasteiger partial charge in [-0.3, -0.25) is 20.4 Å². The van der Waals surface area contributed by atoms with E-state index in [0.717, 1.165) is 0 Å². The molecule has 0 aliphatic carbocycles. The summed E-state index contributed by atoms with van der Waals surface area (Å²) in [7, 11) is 0. The highest BCUT2D eigenvalue weighted by Gasteiger charge is 2.15. The van der Waals surface area contributed by atoms with Gasteiger partial charge in [0.15, 0.2) is 6.10 Å². The van der Waals surface area contributed by atoms with Gasteiger partial charge in [-0.15, -0.1) is 0 Å². The number of amides is 2. The third-order valence-electron chi connectivity index (χ3n) is 3.10. The fourth-order valence-electron chi connectivity index (χ4n) is 1.84. The minimum atomic E-state index is -0.808. The first-order valence-electron chi connectivity index (χ1n) is 7.19. The Morgan fingerprint density at radius 3 is 2.33 bits per heavy atom. The van der Waals surface area contributed by atoms with E-state index in [1.165, 1.54) is 24.3 Å². The molecule has 0 saturated heterocycles. The van der Waals surface area contributed by atoms with Crippen molar-refractivity contribution in [2.24, 2.45) is 0 Å². The molecule has 0 aromatic heterocycles. The molecule has 0 saturated carbocycles. The normalized spacial score (nSPS) is 11.5. The van der Waals surface area contributed by atoms with Crippen LogP contribution in [0.15, 0.2) is 48.5 Å². The lowest BCUT2D eigenvalue weighted by Gasteiger charge is -2.15. The number of hydrogen-bond donors (Lipinski definition) is 2. The first-order valence-corrected chi connectivity index (χ1v) is 7.57. The van der Waals surface area contributed by atoms with E-state index in [4.69, 9.17) is 16.3 Å². The summed E-state index contributed by atoms with van der Waals surface area (Å²) in [6, 6.07) is 12.1. The maximum Gasteiger partial charge on any atom is 0.279 e. The molecular formula is C17H16ClFN2O3. The molecule has 1 atom stereocenters. The molecule has 24 heavy (non-hydrogen) atoms. The lowest BCUT2D eigenvalue weighted by Crippen LogP contribution is -2.47. The van der Waals surface area contributed by atoms with Crippen molar-refractivity contribution in [3.05, 3.63) is 64.9 Å². The maximum atomic E-state index is 12.8. The monoisotopic (exact) mass is 350 g/mol. The van der Waals surface area contributed by atoms with Gasteiger partial charge in [0.05, 0.1) is 6.42 Å². The second-order valence-electron chi connectivity index (χ2n) is 5.05. The van der Waals surface area contributed by atoms with Crippen LogP contribution in [0.25, 0.3) is 0 Å². The molecule has 0 heterocycles. The summed E-state index contributed by atoms with van der Waals surface area (Å²) in [6.45, 7) is 1.55. The summed E-state index contributed by atoms with van der Waals surface area (Å²) in [5, 5.41) is 0.563. The molecule has 7 heteroatoms. The average Bonchev–Trinajstić information content (AvgIpc) is 2.57. The highest BCUT2D eigenvalue weighted by molar-refractivity contribution is 6.30. The number of carbonyl (C=O) groups excluding carboxylic acids is 2. The third kappa shape index (κ3) is 5.55. The first kappa shape index (κ1) is 17.7. The first-order chi connectivity index (χ1) is 11.4. The summed E-state index contributed by atoms with van der Waals surface area (Å²) in [5.74, 6) is -0.814. The molecule has 2 rings (SSSR count). The van der Waals surface area contributed by atoms with Crippen LogP contribution in [0, 0.1) is 5.82 Å². The molecule has 5 nitrogen and oxygen atoms in total. The van der Waals surface area contributed by atoms with E-state index in [2.05, 4.69) is 10.9 Å². The standard InChI is InChI=1S/C17H16ClFN2O3/c1-11(24-15-8-4-13(18)5-9-15)17(23)21-20-16(22)10-12-2-6-14(19)7-3-12/h2-9,11H,10H2,1H3,(H,20,22)(H,21,23). The van der Waals surface area contributed by atoms with Gasteiger partial charge in [-0.05, 0) is 48.9 Å². The largest absolute Gasteiger partial charge is 0.481 e. The molecule has 2 aromatic rings. The number of hydrogen-bond acceptors (Lipinski definition) is 3. The van der Waals surface area contributed by atoms with Gasteiger partial charge < -0.3 is 4.74 Å². The van der Waals surface area contributed by atoms with Crippen molar-refractivity contribution in [3.63, 3.8) is 0 Å². The van der Waals surface area contributed by atoms with E-state index >= 15 is 0 Å². The molecule has 0 bridgehead atoms. The minimum Gasteiger partial charge on any atom is -0.481 e. The molecular weight excluding hydrogens is 335 g/mol. The van der Waals surface area contributed by atoms with E-state index < -0.39 is 17.9 Å². The third-order valence-corrected chi connectivity index (χ3v) is 3.35. The zero-order chi connectivity index (χ0) is 17.5. The lowest BCUT2D eigenvalue weighted by molar-refractivity contribution is -0.132. The zero-order valence-corrected chi connectivity index (χ0v) is 13.6. The quantitative estimate of drug-likeness (QED) is 0.815. The van der Waals surface area contributed by atoms with Crippen molar-refractivity contribution >= 4 is 23.4 Å². The molecule has 0 radical (unpaired) electrons. The number of halogens is 2. The summed E-state index contributed by atoms with van der Waals surface area (Å²) >= 11 is 5.77. The highest BCUT2D eigenvalue weighted by atomic mass is 35.5. The van der Waals surface area contributed by atoms with Crippen LogP contribution < -0.4 is 15.6 Å². The zero-order valence-electron chi connectivity index (χ0n) is 12.9. The van der Waals surface area contributed by atoms with Gasteiger partial charge in [-0.2, -0.15) is 0 Å². The van der Waals surface area contributed by atoms with Crippen molar-refractivity contribution < 1.29 is 18.7 Å². The Hall–Kier alpha value is -2.60. The van der Waals surface area contributed by atoms with Crippen molar-refractivity contribution in [2.45, 2.75) is 19.4 Å². The molecule has 0 aliphatic heterocycles. The van der Waals surface area contributed by atoms with Gasteiger partial charge in [-0.25, -0.2) is 4.39 Å². The van der Waals surface area contributed by atoms with E-state index in [0.29, 0.717) is 16.3 Å². The molecule has 0 aliphatic rings. The Kier molecular flexibility index (Phi) is 6.14. The second kappa shape index (κ2) is 8.31. The minimum absolute atomic E-state index is 0.0208. The summed E-state index contributed by atoms with van der Waals surface area (Å²) in [5.41, 5.74) is 5.20. The summed E-state index contributed by atoms with van der Waals surface area (Å²) in [4.78, 5) is 23.6. The number of hydrazine groups is 1. The Bertz CT molecular complexity index is 705. The van der Waals surface area contributed by atoms with E-state index in [-0.39, 0.29) is 12.2 Å². The Balaban J connectivity index is 1.77. The van der Waals surface area contributed by atoms with Gasteiger partial charge in [0, 0.05) is 5.02 Å². The van der Waals surface area contributed by atoms with Crippen LogP contribution in [0.1, 0.15) is 12.5 Å². The summed E-state index contributed by atoms with van der Waals surface area (Å²) in [6.07, 6.45) is -0.787. The second-order valence-corrected chi connectivity index (χ2v) is 5.49. The van der Waals surface area contributed by atoms with Crippen molar-refractivity contribution in [3.8, 4) is 5.75 Å². The van der Waals surface area contributed by atoms with Gasteiger partial charge in [-0.1, -0.05) is 23.7 Å². The molecule has 0 fully saturated rings. The molecule has 2 N–H and O–H groups in total. The van der Waals surface area contributed by atoms with Gasteiger partial charge in [0.2, 0.25) is 5.91 Å². The van der Waals surface area contributed by atoms with E-state index in [1.807, 2.05) is 0 Å². The smallest absolute Gasteiger partial charge is 0.279 e. The van der Waals surface area contributed by atoms with Crippen LogP contribution in [0.4, 0.5) is 4.39 Å². The topological polar surface area (TPSA) is 67.4 Å². The molecule has 126 valence electrons. The number of benzene rings is 2. The van der Waals surface area contributed by atoms with E-state index in [9.17, 15) is 14.0 Å². The maximum absolute atomic E-state index is 12.8. The van der Waals surface area contributed by atoms with Crippen LogP contribution in [0.3, 0.4) is 0 Å². The predicted molar refractivity (Wildman–Crippen MR) is 87.9 cm³/mol. The van der Waals surface area contributed by atoms with Crippen LogP contribution >= 0.6 is 11.6 Å². The SMILES string of the molecule is CC(Oc1ccc(Cl)cc1)C(=O)NNC(=O)Cc1ccc(F)cc1. The number of nitrogens with one attached hydrogen (secondary N) is 2. The number of carbonyl (C=O) groups is 2. The average molecular weight is 351 g/mol. The molecule has 1 unspecified atom stereocenters. The highest BCUT2D eigenvalue weighted by Crippen LogP contribution is 2.16. The fraction of sp³-hybridized carbons (Fsp3) is 0.176. The Morgan fingerprint density at radius 1 is 1.08 bits per heavy atom. The van der Waals surface area contributed by atoms with Crippen molar-refractivity contribution in [2.75, 3.05) is 0 Å². The number of rotatable bonds is 5. The van der Waals surface area contributed by atoms with Gasteiger partial charge in [0.25, 0.3) is 5.91 Å². The van der Waals surface area contributed by atoms with Crippen LogP contribution in [0.2, 0.25) is 5.02 Å². The van der Waals surface area contributed by atoms with Gasteiger partial charge in [0.1, 0.15) is 11.6 Å². The Labute approximate surface area is 143 Å². The fourth-order valence-corrected chi connectivity index (χ4v) is 1.96. The van der Waals surface area contributed by atoms with Crippen molar-refractivity contribution in [1.29, 1.82) is 0 Å². The number of ether oxygens (including phenoxy) is 1. The van der Waals surface area contributed by atoms with E-state index in [1.54, 1.807) is 31.2 Å². The molecule has 0 spiro atoms. The Morgan fingerprint density at radius 2 is 1.71 bits per heavy atom. The molecule has 2 amide bonds. The summed E-state index contributed by atoms with van der Waals surface area (Å²) < 4.78 is 18.2. The van der Waals surface area contributed by atoms with Crippen LogP contribution in [0.5, 0.6) is 5.75 Å². The van der Waals surface area contributed by atoms with Gasteiger partial charge >= 0.3 is 0 Å². The lowest BCUT2D eigenvalue weighted by atomic mass is 10.1. The van der Waals surface area contributed by atoms with Crippen LogP contribution in [-0.4, -0.2) is 17.9 Å².